The van der Waals surface area contributed by atoms with E-state index in [2.05, 4.69) is 50.4 Å². The summed E-state index contributed by atoms with van der Waals surface area (Å²) < 4.78 is 1.18. The van der Waals surface area contributed by atoms with Gasteiger partial charge in [0.1, 0.15) is 0 Å². The highest BCUT2D eigenvalue weighted by Crippen LogP contribution is 2.22. The Balaban J connectivity index is 1.55. The number of benzene rings is 1. The van der Waals surface area contributed by atoms with Crippen LogP contribution in [0.3, 0.4) is 0 Å². The van der Waals surface area contributed by atoms with Gasteiger partial charge in [0.05, 0.1) is 0 Å². The van der Waals surface area contributed by atoms with E-state index in [0.29, 0.717) is 0 Å². The van der Waals surface area contributed by atoms with Crippen molar-refractivity contribution in [3.63, 3.8) is 0 Å². The molecular weight excluding hydrogens is 288 g/mol. The molecule has 1 N–H and O–H groups in total. The van der Waals surface area contributed by atoms with E-state index in [1.165, 1.54) is 48.8 Å². The maximum absolute atomic E-state index is 3.77. The second-order valence-corrected chi connectivity index (χ2v) is 6.56. The largest absolute Gasteiger partial charge is 0.310 e. The zero-order valence-electron chi connectivity index (χ0n) is 10.7. The minimum Gasteiger partial charge on any atom is -0.310 e. The van der Waals surface area contributed by atoms with E-state index >= 15 is 0 Å². The van der Waals surface area contributed by atoms with E-state index in [0.717, 1.165) is 18.6 Å². The van der Waals surface area contributed by atoms with Crippen LogP contribution in [-0.4, -0.2) is 30.1 Å². The minimum absolute atomic E-state index is 0.721. The first-order chi connectivity index (χ1) is 8.79. The molecular formula is C15H21BrN2. The van der Waals surface area contributed by atoms with Crippen LogP contribution in [-0.2, 0) is 6.54 Å². The minimum atomic E-state index is 0.721. The molecule has 0 radical (unpaired) electrons. The molecule has 2 nitrogen and oxygen atoms in total. The molecule has 1 aliphatic carbocycles. The fourth-order valence-electron chi connectivity index (χ4n) is 2.81. The molecule has 1 aromatic rings. The molecule has 18 heavy (non-hydrogen) atoms. The van der Waals surface area contributed by atoms with E-state index in [-0.39, 0.29) is 0 Å². The molecule has 0 bridgehead atoms. The third kappa shape index (κ3) is 3.56. The third-order valence-corrected chi connectivity index (χ3v) is 4.34. The predicted octanol–water partition coefficient (Wildman–Crippen LogP) is 3.17. The molecule has 0 amide bonds. The van der Waals surface area contributed by atoms with Gasteiger partial charge in [0.25, 0.3) is 0 Å². The Morgan fingerprint density at radius 3 is 2.89 bits per heavy atom. The van der Waals surface area contributed by atoms with Gasteiger partial charge in [-0.25, -0.2) is 0 Å². The SMILES string of the molecule is Brc1cccc(CN2CCCC(NC3CC3)C2)c1. The highest BCUT2D eigenvalue weighted by Gasteiger charge is 2.27. The second kappa shape index (κ2) is 5.72. The van der Waals surface area contributed by atoms with Gasteiger partial charge in [-0.3, -0.25) is 4.90 Å². The summed E-state index contributed by atoms with van der Waals surface area (Å²) in [6.45, 7) is 3.54. The lowest BCUT2D eigenvalue weighted by Crippen LogP contribution is -2.46. The van der Waals surface area contributed by atoms with Crippen molar-refractivity contribution < 1.29 is 0 Å². The van der Waals surface area contributed by atoms with Crippen molar-refractivity contribution >= 4 is 15.9 Å². The molecule has 1 aromatic carbocycles. The molecule has 1 heterocycles. The van der Waals surface area contributed by atoms with Crippen LogP contribution in [0.25, 0.3) is 0 Å². The van der Waals surface area contributed by atoms with Crippen LogP contribution >= 0.6 is 15.9 Å². The molecule has 98 valence electrons. The van der Waals surface area contributed by atoms with Gasteiger partial charge in [-0.2, -0.15) is 0 Å². The number of nitrogens with zero attached hydrogens (tertiary/aromatic N) is 1. The first kappa shape index (κ1) is 12.6. The van der Waals surface area contributed by atoms with Gasteiger partial charge in [0.2, 0.25) is 0 Å². The van der Waals surface area contributed by atoms with Gasteiger partial charge in [0, 0.05) is 29.6 Å². The number of piperidine rings is 1. The standard InChI is InChI=1S/C15H21BrN2/c16-13-4-1-3-12(9-13)10-18-8-2-5-15(11-18)17-14-6-7-14/h1,3-4,9,14-15,17H,2,5-8,10-11H2. The number of halogens is 1. The maximum Gasteiger partial charge on any atom is 0.0234 e. The number of likely N-dealkylation sites (tertiary alicyclic amines) is 1. The highest BCUT2D eigenvalue weighted by molar-refractivity contribution is 9.10. The summed E-state index contributed by atoms with van der Waals surface area (Å²) >= 11 is 3.55. The van der Waals surface area contributed by atoms with Gasteiger partial charge >= 0.3 is 0 Å². The molecule has 2 aliphatic rings. The summed E-state index contributed by atoms with van der Waals surface area (Å²) in [6.07, 6.45) is 5.47. The quantitative estimate of drug-likeness (QED) is 0.919. The molecule has 2 fully saturated rings. The van der Waals surface area contributed by atoms with Crippen LogP contribution in [0.4, 0.5) is 0 Å². The van der Waals surface area contributed by atoms with Crippen LogP contribution in [0, 0.1) is 0 Å². The summed E-state index contributed by atoms with van der Waals surface area (Å²) in [4.78, 5) is 2.59. The fourth-order valence-corrected chi connectivity index (χ4v) is 3.26. The Hall–Kier alpha value is -0.380. The summed E-state index contributed by atoms with van der Waals surface area (Å²) in [5.74, 6) is 0. The number of hydrogen-bond donors (Lipinski definition) is 1. The van der Waals surface area contributed by atoms with Gasteiger partial charge in [-0.1, -0.05) is 28.1 Å². The van der Waals surface area contributed by atoms with Gasteiger partial charge in [0.15, 0.2) is 0 Å². The lowest BCUT2D eigenvalue weighted by atomic mass is 10.0. The molecule has 3 heteroatoms. The van der Waals surface area contributed by atoms with Crippen LogP contribution in [0.2, 0.25) is 0 Å². The number of hydrogen-bond acceptors (Lipinski definition) is 2. The van der Waals surface area contributed by atoms with E-state index in [9.17, 15) is 0 Å². The molecule has 3 rings (SSSR count). The van der Waals surface area contributed by atoms with Crippen molar-refractivity contribution in [3.05, 3.63) is 34.3 Å². The van der Waals surface area contributed by atoms with Crippen molar-refractivity contribution in [2.45, 2.75) is 44.3 Å². The van der Waals surface area contributed by atoms with Gasteiger partial charge in [-0.05, 0) is 49.9 Å². The second-order valence-electron chi connectivity index (χ2n) is 5.65. The zero-order chi connectivity index (χ0) is 12.4. The zero-order valence-corrected chi connectivity index (χ0v) is 12.3. The Morgan fingerprint density at radius 2 is 2.11 bits per heavy atom. The van der Waals surface area contributed by atoms with Crippen molar-refractivity contribution in [1.82, 2.24) is 10.2 Å². The average Bonchev–Trinajstić information content (AvgIpc) is 3.13. The summed E-state index contributed by atoms with van der Waals surface area (Å²) in [6, 6.07) is 10.2. The van der Waals surface area contributed by atoms with Crippen molar-refractivity contribution in [1.29, 1.82) is 0 Å². The number of nitrogens with one attached hydrogen (secondary N) is 1. The Kier molecular flexibility index (Phi) is 4.02. The van der Waals surface area contributed by atoms with E-state index in [1.54, 1.807) is 0 Å². The lowest BCUT2D eigenvalue weighted by molar-refractivity contribution is 0.182. The predicted molar refractivity (Wildman–Crippen MR) is 78.6 cm³/mol. The van der Waals surface area contributed by atoms with Crippen LogP contribution in [0.1, 0.15) is 31.2 Å². The van der Waals surface area contributed by atoms with Gasteiger partial charge in [-0.15, -0.1) is 0 Å². The normalized spacial score (nSPS) is 25.3. The fraction of sp³-hybridized carbons (Fsp3) is 0.600. The Bertz CT molecular complexity index is 403. The summed E-state index contributed by atoms with van der Waals surface area (Å²) in [7, 11) is 0. The highest BCUT2D eigenvalue weighted by atomic mass is 79.9. The third-order valence-electron chi connectivity index (χ3n) is 3.85. The van der Waals surface area contributed by atoms with Crippen molar-refractivity contribution in [2.24, 2.45) is 0 Å². The molecule has 1 saturated carbocycles. The molecule has 1 saturated heterocycles. The van der Waals surface area contributed by atoms with Gasteiger partial charge < -0.3 is 5.32 Å². The Morgan fingerprint density at radius 1 is 1.22 bits per heavy atom. The smallest absolute Gasteiger partial charge is 0.0234 e. The first-order valence-corrected chi connectivity index (χ1v) is 7.82. The molecule has 1 atom stereocenters. The monoisotopic (exact) mass is 308 g/mol. The summed E-state index contributed by atoms with van der Waals surface area (Å²) in [5, 5.41) is 3.77. The molecule has 0 spiro atoms. The molecule has 1 aliphatic heterocycles. The topological polar surface area (TPSA) is 15.3 Å². The van der Waals surface area contributed by atoms with E-state index in [1.807, 2.05) is 0 Å². The van der Waals surface area contributed by atoms with Crippen LogP contribution in [0.5, 0.6) is 0 Å². The molecule has 1 unspecified atom stereocenters. The average molecular weight is 309 g/mol. The lowest BCUT2D eigenvalue weighted by Gasteiger charge is -2.33. The van der Waals surface area contributed by atoms with Crippen LogP contribution < -0.4 is 5.32 Å². The Labute approximate surface area is 118 Å². The van der Waals surface area contributed by atoms with Crippen LogP contribution in [0.15, 0.2) is 28.7 Å². The summed E-state index contributed by atoms with van der Waals surface area (Å²) in [5.41, 5.74) is 1.41. The number of rotatable bonds is 4. The van der Waals surface area contributed by atoms with Crippen molar-refractivity contribution in [3.8, 4) is 0 Å². The van der Waals surface area contributed by atoms with Crippen molar-refractivity contribution in [2.75, 3.05) is 13.1 Å². The maximum atomic E-state index is 3.77. The van der Waals surface area contributed by atoms with E-state index in [4.69, 9.17) is 0 Å². The molecule has 0 aromatic heterocycles. The first-order valence-electron chi connectivity index (χ1n) is 7.02. The van der Waals surface area contributed by atoms with E-state index < -0.39 is 0 Å².